The number of aromatic nitrogens is 2. The van der Waals surface area contributed by atoms with E-state index in [2.05, 4.69) is 35.5 Å². The second-order valence-corrected chi connectivity index (χ2v) is 5.57. The summed E-state index contributed by atoms with van der Waals surface area (Å²) in [5, 5.41) is 0. The normalized spacial score (nSPS) is 17.6. The summed E-state index contributed by atoms with van der Waals surface area (Å²) >= 11 is 0. The first-order valence-corrected chi connectivity index (χ1v) is 7.22. The molecule has 3 heterocycles. The molecule has 0 bridgehead atoms. The summed E-state index contributed by atoms with van der Waals surface area (Å²) in [5.74, 6) is 0.116. The van der Waals surface area contributed by atoms with Gasteiger partial charge in [-0.25, -0.2) is 0 Å². The number of carbonyl (C=O) groups is 1. The molecular formula is C16H20N4O. The fourth-order valence-corrected chi connectivity index (χ4v) is 2.96. The van der Waals surface area contributed by atoms with Crippen LogP contribution in [0.4, 0.5) is 5.69 Å². The van der Waals surface area contributed by atoms with Crippen LogP contribution in [0.5, 0.6) is 0 Å². The van der Waals surface area contributed by atoms with Crippen LogP contribution >= 0.6 is 0 Å². The molecule has 0 aliphatic carbocycles. The van der Waals surface area contributed by atoms with Crippen LogP contribution in [0, 0.1) is 6.92 Å². The van der Waals surface area contributed by atoms with E-state index in [0.717, 1.165) is 18.8 Å². The van der Waals surface area contributed by atoms with Crippen LogP contribution in [0.3, 0.4) is 0 Å². The van der Waals surface area contributed by atoms with Gasteiger partial charge in [0.15, 0.2) is 0 Å². The Morgan fingerprint density at radius 1 is 1.33 bits per heavy atom. The van der Waals surface area contributed by atoms with Gasteiger partial charge in [0.25, 0.3) is 0 Å². The minimum atomic E-state index is 0.105. The van der Waals surface area contributed by atoms with Crippen LogP contribution < -0.4 is 5.73 Å². The van der Waals surface area contributed by atoms with Crippen molar-refractivity contribution >= 4 is 11.6 Å². The van der Waals surface area contributed by atoms with E-state index in [0.29, 0.717) is 12.1 Å². The molecule has 5 nitrogen and oxygen atoms in total. The smallest absolute Gasteiger partial charge is 0.229 e. The van der Waals surface area contributed by atoms with Gasteiger partial charge in [-0.05, 0) is 38.1 Å². The number of carbonyl (C=O) groups excluding carboxylic acids is 1. The number of nitrogen functional groups attached to an aromatic ring is 1. The molecule has 0 spiro atoms. The maximum Gasteiger partial charge on any atom is 0.229 e. The molecule has 1 aliphatic heterocycles. The van der Waals surface area contributed by atoms with Gasteiger partial charge in [0.1, 0.15) is 0 Å². The molecule has 2 aromatic rings. The molecular weight excluding hydrogens is 264 g/mol. The molecule has 0 saturated carbocycles. The Morgan fingerprint density at radius 2 is 2.14 bits per heavy atom. The van der Waals surface area contributed by atoms with Crippen molar-refractivity contribution in [2.24, 2.45) is 0 Å². The largest absolute Gasteiger partial charge is 0.397 e. The van der Waals surface area contributed by atoms with E-state index in [4.69, 9.17) is 5.73 Å². The molecule has 1 atom stereocenters. The molecule has 2 aromatic heterocycles. The highest BCUT2D eigenvalue weighted by molar-refractivity contribution is 5.79. The van der Waals surface area contributed by atoms with Crippen molar-refractivity contribution in [3.63, 3.8) is 0 Å². The number of rotatable bonds is 2. The molecule has 2 N–H and O–H groups in total. The fourth-order valence-electron chi connectivity index (χ4n) is 2.96. The van der Waals surface area contributed by atoms with Crippen LogP contribution in [0.25, 0.3) is 0 Å². The topological polar surface area (TPSA) is 64.2 Å². The number of anilines is 1. The van der Waals surface area contributed by atoms with Crippen molar-refractivity contribution in [2.45, 2.75) is 32.9 Å². The lowest BCUT2D eigenvalue weighted by atomic mass is 10.1. The lowest BCUT2D eigenvalue weighted by molar-refractivity contribution is -0.133. The summed E-state index contributed by atoms with van der Waals surface area (Å²) in [4.78, 5) is 18.7. The third kappa shape index (κ3) is 2.51. The average Bonchev–Trinajstić information content (AvgIpc) is 2.84. The monoisotopic (exact) mass is 284 g/mol. The molecule has 0 aromatic carbocycles. The van der Waals surface area contributed by atoms with Gasteiger partial charge in [-0.1, -0.05) is 0 Å². The van der Waals surface area contributed by atoms with Crippen molar-refractivity contribution in [3.05, 3.63) is 47.5 Å². The second-order valence-electron chi connectivity index (χ2n) is 5.57. The van der Waals surface area contributed by atoms with Gasteiger partial charge in [0.05, 0.1) is 24.3 Å². The highest BCUT2D eigenvalue weighted by Crippen LogP contribution is 2.27. The SMILES string of the molecule is Cc1ccc2n1CCN(C(=O)Cc1ccc(N)cn1)C2C. The van der Waals surface area contributed by atoms with E-state index >= 15 is 0 Å². The first kappa shape index (κ1) is 13.7. The molecule has 110 valence electrons. The molecule has 5 heteroatoms. The molecule has 0 fully saturated rings. The highest BCUT2D eigenvalue weighted by atomic mass is 16.2. The van der Waals surface area contributed by atoms with Gasteiger partial charge in [-0.15, -0.1) is 0 Å². The summed E-state index contributed by atoms with van der Waals surface area (Å²) in [6, 6.07) is 7.93. The predicted octanol–water partition coefficient (Wildman–Crippen LogP) is 1.92. The summed E-state index contributed by atoms with van der Waals surface area (Å²) in [6.45, 7) is 5.79. The standard InChI is InChI=1S/C16H20N4O/c1-11-3-6-15-12(2)20(8-7-19(11)15)16(21)9-14-5-4-13(17)10-18-14/h3-6,10,12H,7-9,17H2,1-2H3. The summed E-state index contributed by atoms with van der Waals surface area (Å²) in [7, 11) is 0. The minimum absolute atomic E-state index is 0.105. The van der Waals surface area contributed by atoms with Gasteiger partial charge < -0.3 is 15.2 Å². The first-order chi connectivity index (χ1) is 10.1. The molecule has 1 amide bonds. The Hall–Kier alpha value is -2.30. The van der Waals surface area contributed by atoms with Crippen molar-refractivity contribution < 1.29 is 4.79 Å². The Kier molecular flexibility index (Phi) is 3.41. The summed E-state index contributed by atoms with van der Waals surface area (Å²) in [6.07, 6.45) is 1.92. The van der Waals surface area contributed by atoms with Crippen LogP contribution in [-0.2, 0) is 17.8 Å². The number of hydrogen-bond acceptors (Lipinski definition) is 3. The lowest BCUT2D eigenvalue weighted by Gasteiger charge is -2.35. The zero-order chi connectivity index (χ0) is 15.0. The zero-order valence-corrected chi connectivity index (χ0v) is 12.4. The van der Waals surface area contributed by atoms with Crippen molar-refractivity contribution in [1.29, 1.82) is 0 Å². The van der Waals surface area contributed by atoms with Gasteiger partial charge in [-0.2, -0.15) is 0 Å². The van der Waals surface area contributed by atoms with Crippen LogP contribution in [0.15, 0.2) is 30.5 Å². The van der Waals surface area contributed by atoms with Crippen LogP contribution in [0.2, 0.25) is 0 Å². The quantitative estimate of drug-likeness (QED) is 0.916. The summed E-state index contributed by atoms with van der Waals surface area (Å²) in [5.41, 5.74) is 9.46. The molecule has 1 aliphatic rings. The highest BCUT2D eigenvalue weighted by Gasteiger charge is 2.28. The van der Waals surface area contributed by atoms with Crippen molar-refractivity contribution in [1.82, 2.24) is 14.5 Å². The van der Waals surface area contributed by atoms with E-state index in [1.165, 1.54) is 11.4 Å². The fraction of sp³-hybridized carbons (Fsp3) is 0.375. The third-order valence-corrected chi connectivity index (χ3v) is 4.19. The number of amides is 1. The maximum atomic E-state index is 12.5. The van der Waals surface area contributed by atoms with Crippen LogP contribution in [-0.4, -0.2) is 26.9 Å². The third-order valence-electron chi connectivity index (χ3n) is 4.19. The van der Waals surface area contributed by atoms with Gasteiger partial charge >= 0.3 is 0 Å². The predicted molar refractivity (Wildman–Crippen MR) is 81.7 cm³/mol. The minimum Gasteiger partial charge on any atom is -0.397 e. The number of aryl methyl sites for hydroxylation is 1. The van der Waals surface area contributed by atoms with E-state index in [1.54, 1.807) is 12.3 Å². The van der Waals surface area contributed by atoms with E-state index in [-0.39, 0.29) is 11.9 Å². The first-order valence-electron chi connectivity index (χ1n) is 7.22. The molecule has 0 saturated heterocycles. The number of hydrogen-bond donors (Lipinski definition) is 1. The number of nitrogens with zero attached hydrogens (tertiary/aromatic N) is 3. The average molecular weight is 284 g/mol. The van der Waals surface area contributed by atoms with E-state index in [1.807, 2.05) is 11.0 Å². The van der Waals surface area contributed by atoms with Crippen molar-refractivity contribution in [2.75, 3.05) is 12.3 Å². The van der Waals surface area contributed by atoms with Crippen molar-refractivity contribution in [3.8, 4) is 0 Å². The Bertz CT molecular complexity index is 659. The maximum absolute atomic E-state index is 12.5. The Labute approximate surface area is 124 Å². The Morgan fingerprint density at radius 3 is 2.86 bits per heavy atom. The van der Waals surface area contributed by atoms with Gasteiger partial charge in [0.2, 0.25) is 5.91 Å². The van der Waals surface area contributed by atoms with Crippen LogP contribution in [0.1, 0.15) is 30.0 Å². The van der Waals surface area contributed by atoms with Gasteiger partial charge in [0, 0.05) is 30.2 Å². The molecule has 0 radical (unpaired) electrons. The zero-order valence-electron chi connectivity index (χ0n) is 12.4. The van der Waals surface area contributed by atoms with E-state index < -0.39 is 0 Å². The molecule has 21 heavy (non-hydrogen) atoms. The molecule has 1 unspecified atom stereocenters. The Balaban J connectivity index is 1.75. The van der Waals surface area contributed by atoms with Gasteiger partial charge in [-0.3, -0.25) is 9.78 Å². The number of fused-ring (bicyclic) bond motifs is 1. The second kappa shape index (κ2) is 5.24. The lowest BCUT2D eigenvalue weighted by Crippen LogP contribution is -2.41. The molecule has 3 rings (SSSR count). The number of pyridine rings is 1. The summed E-state index contributed by atoms with van der Waals surface area (Å²) < 4.78 is 2.29. The number of nitrogens with two attached hydrogens (primary N) is 1. The van der Waals surface area contributed by atoms with E-state index in [9.17, 15) is 4.79 Å².